The van der Waals surface area contributed by atoms with Crippen LogP contribution in [0.2, 0.25) is 0 Å². The van der Waals surface area contributed by atoms with Crippen molar-refractivity contribution < 1.29 is 53.3 Å². The van der Waals surface area contributed by atoms with Crippen LogP contribution < -0.4 is 16.4 Å². The zero-order valence-corrected chi connectivity index (χ0v) is 20.3. The molecule has 0 aromatic rings. The third kappa shape index (κ3) is 14.0. The first-order valence-electron chi connectivity index (χ1n) is 11.7. The van der Waals surface area contributed by atoms with Gasteiger partial charge in [0.1, 0.15) is 24.4 Å². The second-order valence-corrected chi connectivity index (χ2v) is 7.64. The number of hydrogen-bond donors (Lipinski definition) is 6. The maximum atomic E-state index is 11.9. The Bertz CT molecular complexity index is 573. The first kappa shape index (κ1) is 31.6. The Labute approximate surface area is 205 Å². The fourth-order valence-electron chi connectivity index (χ4n) is 3.08. The lowest BCUT2D eigenvalue weighted by Crippen LogP contribution is -2.64. The summed E-state index contributed by atoms with van der Waals surface area (Å²) in [5.41, 5.74) is 5.30. The van der Waals surface area contributed by atoms with E-state index in [-0.39, 0.29) is 32.1 Å². The number of carbonyl (C=O) groups excluding carboxylic acids is 2. The van der Waals surface area contributed by atoms with Gasteiger partial charge in [0.15, 0.2) is 6.29 Å². The Morgan fingerprint density at radius 2 is 1.46 bits per heavy atom. The molecule has 0 aromatic heterocycles. The minimum atomic E-state index is -1.39. The van der Waals surface area contributed by atoms with E-state index in [1.165, 1.54) is 6.92 Å². The van der Waals surface area contributed by atoms with Gasteiger partial charge in [0.25, 0.3) is 0 Å². The lowest BCUT2D eigenvalue weighted by atomic mass is 9.97. The molecular weight excluding hydrogens is 470 g/mol. The number of hydrogen-bond acceptors (Lipinski definition) is 12. The molecule has 35 heavy (non-hydrogen) atoms. The van der Waals surface area contributed by atoms with E-state index in [4.69, 9.17) is 34.2 Å². The lowest BCUT2D eigenvalue weighted by molar-refractivity contribution is -0.269. The summed E-state index contributed by atoms with van der Waals surface area (Å²) in [6, 6.07) is -1.03. The van der Waals surface area contributed by atoms with Crippen molar-refractivity contribution in [3.05, 3.63) is 0 Å². The maximum absolute atomic E-state index is 11.9. The average Bonchev–Trinajstić information content (AvgIpc) is 2.83. The third-order valence-corrected chi connectivity index (χ3v) is 4.81. The number of carbonyl (C=O) groups is 2. The van der Waals surface area contributed by atoms with Gasteiger partial charge in [0.05, 0.1) is 66.1 Å². The minimum Gasteiger partial charge on any atom is -0.394 e. The normalized spacial score (nSPS) is 24.3. The quantitative estimate of drug-likeness (QED) is 0.0882. The second kappa shape index (κ2) is 19.7. The van der Waals surface area contributed by atoms with E-state index in [1.807, 2.05) is 0 Å². The third-order valence-electron chi connectivity index (χ3n) is 4.81. The van der Waals surface area contributed by atoms with Gasteiger partial charge >= 0.3 is 0 Å². The van der Waals surface area contributed by atoms with Crippen molar-refractivity contribution in [3.63, 3.8) is 0 Å². The number of nitrogens with two attached hydrogens (primary N) is 1. The molecule has 0 radical (unpaired) electrons. The van der Waals surface area contributed by atoms with Crippen LogP contribution in [0.15, 0.2) is 0 Å². The SMILES string of the molecule is CC(=O)N[C@H]1[C@H](OCCNC(=O)CCOCCOCCOCCOCCN)O[C@H](CO)[C@@H](O)[C@@H]1O. The van der Waals surface area contributed by atoms with Crippen molar-refractivity contribution in [3.8, 4) is 0 Å². The van der Waals surface area contributed by atoms with Crippen LogP contribution in [0.5, 0.6) is 0 Å². The molecule has 1 saturated heterocycles. The van der Waals surface area contributed by atoms with Crippen molar-refractivity contribution in [2.24, 2.45) is 5.73 Å². The summed E-state index contributed by atoms with van der Waals surface area (Å²) in [7, 11) is 0. The van der Waals surface area contributed by atoms with E-state index in [1.54, 1.807) is 0 Å². The molecule has 7 N–H and O–H groups in total. The van der Waals surface area contributed by atoms with Gasteiger partial charge in [-0.25, -0.2) is 0 Å². The molecule has 1 aliphatic rings. The largest absolute Gasteiger partial charge is 0.394 e. The predicted molar refractivity (Wildman–Crippen MR) is 121 cm³/mol. The van der Waals surface area contributed by atoms with E-state index >= 15 is 0 Å². The smallest absolute Gasteiger partial charge is 0.222 e. The van der Waals surface area contributed by atoms with Crippen molar-refractivity contribution in [1.29, 1.82) is 0 Å². The van der Waals surface area contributed by atoms with Gasteiger partial charge in [0.2, 0.25) is 11.8 Å². The average molecular weight is 512 g/mol. The van der Waals surface area contributed by atoms with Gasteiger partial charge in [-0.15, -0.1) is 0 Å². The van der Waals surface area contributed by atoms with E-state index in [9.17, 15) is 24.9 Å². The van der Waals surface area contributed by atoms with Crippen LogP contribution in [0.3, 0.4) is 0 Å². The Balaban J connectivity index is 2.07. The Kier molecular flexibility index (Phi) is 17.8. The van der Waals surface area contributed by atoms with Crippen LogP contribution in [0.1, 0.15) is 13.3 Å². The molecule has 14 heteroatoms. The van der Waals surface area contributed by atoms with Crippen LogP contribution in [0.25, 0.3) is 0 Å². The molecule has 0 bridgehead atoms. The van der Waals surface area contributed by atoms with Gasteiger partial charge in [-0.05, 0) is 0 Å². The highest BCUT2D eigenvalue weighted by molar-refractivity contribution is 5.75. The minimum absolute atomic E-state index is 0.0172. The highest BCUT2D eigenvalue weighted by atomic mass is 16.7. The molecule has 206 valence electrons. The van der Waals surface area contributed by atoms with Gasteiger partial charge in [-0.1, -0.05) is 0 Å². The van der Waals surface area contributed by atoms with Crippen LogP contribution in [0.4, 0.5) is 0 Å². The molecule has 0 saturated carbocycles. The molecule has 1 fully saturated rings. The molecule has 0 aliphatic carbocycles. The van der Waals surface area contributed by atoms with Crippen LogP contribution >= 0.6 is 0 Å². The predicted octanol–water partition coefficient (Wildman–Crippen LogP) is -3.52. The molecule has 14 nitrogen and oxygen atoms in total. The van der Waals surface area contributed by atoms with Crippen LogP contribution in [-0.4, -0.2) is 137 Å². The number of nitrogens with one attached hydrogen (secondary N) is 2. The summed E-state index contributed by atoms with van der Waals surface area (Å²) in [6.07, 6.45) is -4.80. The van der Waals surface area contributed by atoms with Crippen molar-refractivity contribution in [2.45, 2.75) is 44.0 Å². The topological polar surface area (TPSA) is 200 Å². The highest BCUT2D eigenvalue weighted by Gasteiger charge is 2.45. The molecule has 0 spiro atoms. The summed E-state index contributed by atoms with van der Waals surface area (Å²) < 4.78 is 32.1. The molecule has 0 unspecified atom stereocenters. The summed E-state index contributed by atoms with van der Waals surface area (Å²) in [4.78, 5) is 23.3. The summed E-state index contributed by atoms with van der Waals surface area (Å²) >= 11 is 0. The number of aliphatic hydroxyl groups is 3. The molecule has 5 atom stereocenters. The van der Waals surface area contributed by atoms with Crippen molar-refractivity contribution >= 4 is 11.8 Å². The Morgan fingerprint density at radius 3 is 2.00 bits per heavy atom. The van der Waals surface area contributed by atoms with Crippen LogP contribution in [0, 0.1) is 0 Å². The summed E-state index contributed by atoms with van der Waals surface area (Å²) in [6.45, 7) is 4.71. The maximum Gasteiger partial charge on any atom is 0.222 e. The molecule has 1 heterocycles. The summed E-state index contributed by atoms with van der Waals surface area (Å²) in [5.74, 6) is -0.691. The fourth-order valence-corrected chi connectivity index (χ4v) is 3.08. The number of amides is 2. The van der Waals surface area contributed by atoms with Crippen molar-refractivity contribution in [1.82, 2.24) is 10.6 Å². The van der Waals surface area contributed by atoms with Crippen molar-refractivity contribution in [2.75, 3.05) is 79.2 Å². The monoisotopic (exact) mass is 511 g/mol. The molecule has 1 aliphatic heterocycles. The Morgan fingerprint density at radius 1 is 0.886 bits per heavy atom. The second-order valence-electron chi connectivity index (χ2n) is 7.64. The number of ether oxygens (including phenoxy) is 6. The van der Waals surface area contributed by atoms with Gasteiger partial charge < -0.3 is 60.1 Å². The van der Waals surface area contributed by atoms with Gasteiger partial charge in [-0.2, -0.15) is 0 Å². The van der Waals surface area contributed by atoms with Gasteiger partial charge in [0, 0.05) is 26.4 Å². The molecule has 0 aromatic carbocycles. The first-order chi connectivity index (χ1) is 16.9. The number of rotatable bonds is 20. The lowest BCUT2D eigenvalue weighted by Gasteiger charge is -2.42. The van der Waals surface area contributed by atoms with E-state index < -0.39 is 43.2 Å². The first-order valence-corrected chi connectivity index (χ1v) is 11.7. The number of aliphatic hydroxyl groups excluding tert-OH is 3. The van der Waals surface area contributed by atoms with Crippen LogP contribution in [-0.2, 0) is 38.0 Å². The Hall–Kier alpha value is -1.46. The summed E-state index contributed by atoms with van der Waals surface area (Å²) in [5, 5.41) is 34.6. The standard InChI is InChI=1S/C21H41N3O11/c1-15(26)24-18-20(29)19(28)16(14-25)35-21(18)34-7-4-23-17(27)2-5-30-8-10-32-12-13-33-11-9-31-6-3-22/h16,18-21,25,28-29H,2-14,22H2,1H3,(H,23,27)(H,24,26)/t16-,18-,19-,20-,21-/m1/s1. The zero-order chi connectivity index (χ0) is 25.9. The van der Waals surface area contributed by atoms with Gasteiger partial charge in [-0.3, -0.25) is 9.59 Å². The van der Waals surface area contributed by atoms with E-state index in [0.717, 1.165) is 0 Å². The fraction of sp³-hybridized carbons (Fsp3) is 0.905. The highest BCUT2D eigenvalue weighted by Crippen LogP contribution is 2.22. The van der Waals surface area contributed by atoms with E-state index in [0.29, 0.717) is 52.8 Å². The molecular formula is C21H41N3O11. The molecule has 2 amide bonds. The zero-order valence-electron chi connectivity index (χ0n) is 20.3. The van der Waals surface area contributed by atoms with E-state index in [2.05, 4.69) is 10.6 Å². The molecule has 1 rings (SSSR count).